The first-order chi connectivity index (χ1) is 9.80. The zero-order valence-electron chi connectivity index (χ0n) is 14.2. The molecule has 0 radical (unpaired) electrons. The largest absolute Gasteiger partial charge is 0.357 e. The van der Waals surface area contributed by atoms with Crippen LogP contribution in [0, 0.1) is 12.3 Å². The Morgan fingerprint density at radius 3 is 2.62 bits per heavy atom. The number of aromatic nitrogens is 2. The highest BCUT2D eigenvalue weighted by molar-refractivity contribution is 5.79. The molecular formula is C15H29N5O. The van der Waals surface area contributed by atoms with Crippen molar-refractivity contribution in [1.29, 1.82) is 0 Å². The van der Waals surface area contributed by atoms with Crippen LogP contribution in [0.1, 0.15) is 59.2 Å². The zero-order chi connectivity index (χ0) is 15.9. The van der Waals surface area contributed by atoms with Crippen LogP contribution in [0.25, 0.3) is 0 Å². The molecule has 0 aromatic carbocycles. The van der Waals surface area contributed by atoms with Crippen molar-refractivity contribution in [2.45, 2.75) is 67.0 Å². The molecule has 1 heterocycles. The average Bonchev–Trinajstić information content (AvgIpc) is 2.79. The molecule has 6 heteroatoms. The summed E-state index contributed by atoms with van der Waals surface area (Å²) in [6.07, 6.45) is 2.27. The summed E-state index contributed by atoms with van der Waals surface area (Å²) in [5, 5.41) is 10.4. The lowest BCUT2D eigenvalue weighted by Crippen LogP contribution is -2.42. The van der Waals surface area contributed by atoms with Gasteiger partial charge in [0, 0.05) is 12.6 Å². The van der Waals surface area contributed by atoms with Gasteiger partial charge in [0.1, 0.15) is 6.54 Å². The molecule has 0 aliphatic carbocycles. The van der Waals surface area contributed by atoms with Crippen LogP contribution in [-0.4, -0.2) is 28.7 Å². The first-order valence-corrected chi connectivity index (χ1v) is 7.64. The Bertz CT molecular complexity index is 447. The molecule has 0 aliphatic rings. The van der Waals surface area contributed by atoms with Crippen molar-refractivity contribution < 1.29 is 4.52 Å². The van der Waals surface area contributed by atoms with Crippen molar-refractivity contribution in [3.8, 4) is 0 Å². The van der Waals surface area contributed by atoms with Crippen molar-refractivity contribution in [3.63, 3.8) is 0 Å². The first kappa shape index (κ1) is 17.5. The summed E-state index contributed by atoms with van der Waals surface area (Å²) in [7, 11) is 0. The van der Waals surface area contributed by atoms with Crippen LogP contribution in [0.3, 0.4) is 0 Å². The molecule has 1 unspecified atom stereocenters. The molecule has 0 bridgehead atoms. The quantitative estimate of drug-likeness (QED) is 0.623. The molecule has 1 aromatic heterocycles. The van der Waals surface area contributed by atoms with E-state index < -0.39 is 0 Å². The van der Waals surface area contributed by atoms with E-state index in [9.17, 15) is 0 Å². The molecule has 1 aromatic rings. The molecule has 1 atom stereocenters. The van der Waals surface area contributed by atoms with E-state index >= 15 is 0 Å². The number of nitrogens with one attached hydrogen (secondary N) is 2. The average molecular weight is 295 g/mol. The van der Waals surface area contributed by atoms with E-state index in [4.69, 9.17) is 4.52 Å². The van der Waals surface area contributed by atoms with Crippen LogP contribution in [0.4, 0.5) is 0 Å². The second kappa shape index (κ2) is 8.00. The van der Waals surface area contributed by atoms with E-state index in [1.54, 1.807) is 6.92 Å². The summed E-state index contributed by atoms with van der Waals surface area (Å²) in [6, 6.07) is 0.367. The maximum atomic E-state index is 5.07. The fourth-order valence-electron chi connectivity index (χ4n) is 1.83. The van der Waals surface area contributed by atoms with Gasteiger partial charge in [0.15, 0.2) is 11.8 Å². The summed E-state index contributed by atoms with van der Waals surface area (Å²) in [6.45, 7) is 14.0. The Morgan fingerprint density at radius 2 is 2.10 bits per heavy atom. The van der Waals surface area contributed by atoms with E-state index in [1.807, 2.05) is 6.92 Å². The van der Waals surface area contributed by atoms with Crippen molar-refractivity contribution in [2.24, 2.45) is 10.4 Å². The predicted molar refractivity (Wildman–Crippen MR) is 85.1 cm³/mol. The lowest BCUT2D eigenvalue weighted by atomic mass is 9.89. The third-order valence-electron chi connectivity index (χ3n) is 3.00. The molecule has 0 aliphatic heterocycles. The van der Waals surface area contributed by atoms with Crippen molar-refractivity contribution in [1.82, 2.24) is 20.8 Å². The highest BCUT2D eigenvalue weighted by Gasteiger charge is 2.13. The van der Waals surface area contributed by atoms with Crippen molar-refractivity contribution in [3.05, 3.63) is 11.7 Å². The van der Waals surface area contributed by atoms with Gasteiger partial charge in [-0.05, 0) is 39.0 Å². The molecule has 0 saturated carbocycles. The minimum absolute atomic E-state index is 0.354. The molecule has 0 fully saturated rings. The first-order valence-electron chi connectivity index (χ1n) is 7.64. The van der Waals surface area contributed by atoms with Gasteiger partial charge < -0.3 is 15.2 Å². The number of aliphatic imine (C=N–C) groups is 1. The van der Waals surface area contributed by atoms with E-state index in [2.05, 4.69) is 53.5 Å². The number of aryl methyl sites for hydroxylation is 1. The van der Waals surface area contributed by atoms with Gasteiger partial charge in [-0.25, -0.2) is 4.99 Å². The van der Waals surface area contributed by atoms with Gasteiger partial charge in [-0.1, -0.05) is 25.9 Å². The molecule has 6 nitrogen and oxygen atoms in total. The summed E-state index contributed by atoms with van der Waals surface area (Å²) >= 11 is 0. The van der Waals surface area contributed by atoms with Gasteiger partial charge in [0.2, 0.25) is 5.89 Å². The predicted octanol–water partition coefficient (Wildman–Crippen LogP) is 2.65. The molecule has 0 spiro atoms. The van der Waals surface area contributed by atoms with Gasteiger partial charge in [-0.15, -0.1) is 0 Å². The van der Waals surface area contributed by atoms with Gasteiger partial charge in [-0.2, -0.15) is 4.98 Å². The number of hydrogen-bond donors (Lipinski definition) is 2. The van der Waals surface area contributed by atoms with Gasteiger partial charge in [0.05, 0.1) is 0 Å². The third-order valence-corrected chi connectivity index (χ3v) is 3.00. The van der Waals surface area contributed by atoms with Crippen LogP contribution in [-0.2, 0) is 6.54 Å². The molecule has 0 saturated heterocycles. The summed E-state index contributed by atoms with van der Waals surface area (Å²) in [5.74, 6) is 1.96. The standard InChI is InChI=1S/C15H29N5O/c1-7-16-14(17-10-13-19-12(3)20-21-13)18-11(2)8-9-15(4,5)6/h11H,7-10H2,1-6H3,(H2,16,17,18). The highest BCUT2D eigenvalue weighted by Crippen LogP contribution is 2.21. The Hall–Kier alpha value is -1.59. The normalized spacial score (nSPS) is 14.1. The molecule has 0 amide bonds. The number of hydrogen-bond acceptors (Lipinski definition) is 4. The maximum Gasteiger partial charge on any atom is 0.248 e. The Kier molecular flexibility index (Phi) is 6.65. The third kappa shape index (κ3) is 7.68. The number of rotatable bonds is 6. The smallest absolute Gasteiger partial charge is 0.248 e. The highest BCUT2D eigenvalue weighted by atomic mass is 16.5. The van der Waals surface area contributed by atoms with Crippen molar-refractivity contribution >= 4 is 5.96 Å². The minimum atomic E-state index is 0.354. The zero-order valence-corrected chi connectivity index (χ0v) is 14.2. The maximum absolute atomic E-state index is 5.07. The molecule has 21 heavy (non-hydrogen) atoms. The van der Waals surface area contributed by atoms with Crippen molar-refractivity contribution in [2.75, 3.05) is 6.54 Å². The fourth-order valence-corrected chi connectivity index (χ4v) is 1.83. The summed E-state index contributed by atoms with van der Waals surface area (Å²) in [4.78, 5) is 8.63. The van der Waals surface area contributed by atoms with E-state index in [0.717, 1.165) is 18.9 Å². The SMILES string of the molecule is CCNC(=NCc1nc(C)no1)NC(C)CCC(C)(C)C. The van der Waals surface area contributed by atoms with E-state index in [-0.39, 0.29) is 0 Å². The van der Waals surface area contributed by atoms with Gasteiger partial charge in [0.25, 0.3) is 0 Å². The second-order valence-electron chi connectivity index (χ2n) is 6.58. The van der Waals surface area contributed by atoms with E-state index in [1.165, 1.54) is 6.42 Å². The van der Waals surface area contributed by atoms with Crippen LogP contribution in [0.2, 0.25) is 0 Å². The molecule has 120 valence electrons. The second-order valence-corrected chi connectivity index (χ2v) is 6.58. The lowest BCUT2D eigenvalue weighted by Gasteiger charge is -2.23. The Labute approximate surface area is 127 Å². The summed E-state index contributed by atoms with van der Waals surface area (Å²) in [5.41, 5.74) is 0.354. The Morgan fingerprint density at radius 1 is 1.38 bits per heavy atom. The summed E-state index contributed by atoms with van der Waals surface area (Å²) < 4.78 is 5.07. The van der Waals surface area contributed by atoms with Gasteiger partial charge >= 0.3 is 0 Å². The van der Waals surface area contributed by atoms with Crippen LogP contribution >= 0.6 is 0 Å². The Balaban J connectivity index is 2.51. The molecule has 2 N–H and O–H groups in total. The monoisotopic (exact) mass is 295 g/mol. The topological polar surface area (TPSA) is 75.3 Å². The number of nitrogens with zero attached hydrogens (tertiary/aromatic N) is 3. The van der Waals surface area contributed by atoms with Crippen LogP contribution in [0.15, 0.2) is 9.52 Å². The molecular weight excluding hydrogens is 266 g/mol. The van der Waals surface area contributed by atoms with E-state index in [0.29, 0.717) is 29.7 Å². The molecule has 1 rings (SSSR count). The lowest BCUT2D eigenvalue weighted by molar-refractivity contribution is 0.346. The van der Waals surface area contributed by atoms with Crippen LogP contribution < -0.4 is 10.6 Å². The minimum Gasteiger partial charge on any atom is -0.357 e. The van der Waals surface area contributed by atoms with Gasteiger partial charge in [-0.3, -0.25) is 0 Å². The fraction of sp³-hybridized carbons (Fsp3) is 0.800. The van der Waals surface area contributed by atoms with Crippen LogP contribution in [0.5, 0.6) is 0 Å². The number of guanidine groups is 1.